The molecule has 0 bridgehead atoms. The molecular formula is C9H5N3OS. The van der Waals surface area contributed by atoms with Gasteiger partial charge in [0.1, 0.15) is 11.8 Å². The number of hydrogen-bond acceptors (Lipinski definition) is 5. The van der Waals surface area contributed by atoms with Gasteiger partial charge in [-0.25, -0.2) is 4.98 Å². The van der Waals surface area contributed by atoms with Crippen molar-refractivity contribution in [1.29, 1.82) is 5.26 Å². The lowest BCUT2D eigenvalue weighted by molar-refractivity contribution is 0.476. The van der Waals surface area contributed by atoms with Crippen molar-refractivity contribution < 1.29 is 4.74 Å². The summed E-state index contributed by atoms with van der Waals surface area (Å²) in [5.41, 5.74) is 0.471. The fourth-order valence-electron chi connectivity index (χ4n) is 0.897. The molecule has 68 valence electrons. The van der Waals surface area contributed by atoms with Gasteiger partial charge in [-0.05, 0) is 0 Å². The molecule has 14 heavy (non-hydrogen) atoms. The Morgan fingerprint density at radius 1 is 1.43 bits per heavy atom. The van der Waals surface area contributed by atoms with E-state index < -0.39 is 0 Å². The minimum atomic E-state index is 0.471. The second-order valence-corrected chi connectivity index (χ2v) is 3.28. The predicted octanol–water partition coefficient (Wildman–Crippen LogP) is 2.20. The van der Waals surface area contributed by atoms with Crippen LogP contribution in [0.2, 0.25) is 0 Å². The number of nitriles is 1. The number of pyridine rings is 1. The highest BCUT2D eigenvalue weighted by molar-refractivity contribution is 7.11. The summed E-state index contributed by atoms with van der Waals surface area (Å²) in [6.45, 7) is 0. The molecule has 0 unspecified atom stereocenters. The SMILES string of the molecule is N#Cc1cncc(Oc2nccs2)c1. The van der Waals surface area contributed by atoms with Crippen LogP contribution in [0.3, 0.4) is 0 Å². The highest BCUT2D eigenvalue weighted by Gasteiger charge is 2.00. The van der Waals surface area contributed by atoms with E-state index in [-0.39, 0.29) is 0 Å². The van der Waals surface area contributed by atoms with E-state index in [0.29, 0.717) is 16.5 Å². The van der Waals surface area contributed by atoms with Gasteiger partial charge in [0.05, 0.1) is 11.8 Å². The van der Waals surface area contributed by atoms with Crippen LogP contribution in [0.15, 0.2) is 30.0 Å². The van der Waals surface area contributed by atoms with Crippen molar-refractivity contribution in [3.05, 3.63) is 35.6 Å². The zero-order valence-corrected chi connectivity index (χ0v) is 7.86. The van der Waals surface area contributed by atoms with E-state index in [1.807, 2.05) is 11.4 Å². The molecule has 2 aromatic heterocycles. The molecule has 0 fully saturated rings. The van der Waals surface area contributed by atoms with Gasteiger partial charge >= 0.3 is 0 Å². The molecule has 0 aromatic carbocycles. The number of rotatable bonds is 2. The quantitative estimate of drug-likeness (QED) is 0.750. The standard InChI is InChI=1S/C9H5N3OS/c10-4-7-3-8(6-11-5-7)13-9-12-1-2-14-9/h1-3,5-6H. The Labute approximate surface area is 84.4 Å². The number of nitrogens with zero attached hydrogens (tertiary/aromatic N) is 3. The Bertz CT molecular complexity index is 461. The summed E-state index contributed by atoms with van der Waals surface area (Å²) in [4.78, 5) is 7.82. The fraction of sp³-hybridized carbons (Fsp3) is 0. The van der Waals surface area contributed by atoms with Crippen molar-refractivity contribution >= 4 is 11.3 Å². The molecule has 2 heterocycles. The lowest BCUT2D eigenvalue weighted by Gasteiger charge is -1.99. The topological polar surface area (TPSA) is 58.8 Å². The Morgan fingerprint density at radius 3 is 3.07 bits per heavy atom. The molecule has 4 nitrogen and oxygen atoms in total. The van der Waals surface area contributed by atoms with E-state index in [4.69, 9.17) is 10.00 Å². The van der Waals surface area contributed by atoms with E-state index in [0.717, 1.165) is 0 Å². The van der Waals surface area contributed by atoms with E-state index in [2.05, 4.69) is 9.97 Å². The minimum absolute atomic E-state index is 0.471. The molecule has 0 aliphatic rings. The summed E-state index contributed by atoms with van der Waals surface area (Å²) in [6.07, 6.45) is 4.68. The third-order valence-corrected chi connectivity index (χ3v) is 2.11. The molecule has 2 rings (SSSR count). The van der Waals surface area contributed by atoms with Gasteiger partial charge in [0, 0.05) is 23.8 Å². The van der Waals surface area contributed by atoms with E-state index in [9.17, 15) is 0 Å². The molecule has 0 saturated carbocycles. The molecule has 0 saturated heterocycles. The summed E-state index contributed by atoms with van der Waals surface area (Å²) in [6, 6.07) is 3.61. The maximum atomic E-state index is 8.63. The molecule has 0 aliphatic carbocycles. The van der Waals surface area contributed by atoms with Gasteiger partial charge in [-0.2, -0.15) is 5.26 Å². The molecule has 2 aromatic rings. The lowest BCUT2D eigenvalue weighted by atomic mass is 10.3. The highest BCUT2D eigenvalue weighted by atomic mass is 32.1. The van der Waals surface area contributed by atoms with Crippen LogP contribution in [-0.2, 0) is 0 Å². The first-order valence-corrected chi connectivity index (χ1v) is 4.69. The maximum absolute atomic E-state index is 8.63. The molecule has 0 spiro atoms. The Balaban J connectivity index is 2.22. The van der Waals surface area contributed by atoms with Crippen LogP contribution in [0.25, 0.3) is 0 Å². The van der Waals surface area contributed by atoms with Crippen LogP contribution in [-0.4, -0.2) is 9.97 Å². The normalized spacial score (nSPS) is 9.36. The summed E-state index contributed by atoms with van der Waals surface area (Å²) in [7, 11) is 0. The van der Waals surface area contributed by atoms with Crippen molar-refractivity contribution in [1.82, 2.24) is 9.97 Å². The number of hydrogen-bond donors (Lipinski definition) is 0. The second kappa shape index (κ2) is 3.85. The average molecular weight is 203 g/mol. The summed E-state index contributed by atoms with van der Waals surface area (Å²) < 4.78 is 5.35. The average Bonchev–Trinajstić information content (AvgIpc) is 2.71. The molecule has 0 amide bonds. The van der Waals surface area contributed by atoms with Crippen molar-refractivity contribution in [3.63, 3.8) is 0 Å². The molecular weight excluding hydrogens is 198 g/mol. The summed E-state index contributed by atoms with van der Waals surface area (Å²) in [5, 5.41) is 11.0. The van der Waals surface area contributed by atoms with Gasteiger partial charge in [0.15, 0.2) is 0 Å². The highest BCUT2D eigenvalue weighted by Crippen LogP contribution is 2.22. The largest absolute Gasteiger partial charge is 0.429 e. The second-order valence-electron chi connectivity index (χ2n) is 2.42. The Kier molecular flexibility index (Phi) is 2.38. The van der Waals surface area contributed by atoms with Crippen molar-refractivity contribution in [2.75, 3.05) is 0 Å². The molecule has 0 radical (unpaired) electrons. The molecule has 0 N–H and O–H groups in total. The van der Waals surface area contributed by atoms with Crippen LogP contribution < -0.4 is 4.74 Å². The van der Waals surface area contributed by atoms with Crippen molar-refractivity contribution in [2.24, 2.45) is 0 Å². The van der Waals surface area contributed by atoms with Gasteiger partial charge < -0.3 is 4.74 Å². The van der Waals surface area contributed by atoms with E-state index in [1.54, 1.807) is 18.5 Å². The summed E-state index contributed by atoms with van der Waals surface area (Å²) in [5.74, 6) is 0.527. The molecule has 0 atom stereocenters. The maximum Gasteiger partial charge on any atom is 0.278 e. The van der Waals surface area contributed by atoms with Gasteiger partial charge in [0.2, 0.25) is 0 Å². The number of ether oxygens (including phenoxy) is 1. The molecule has 5 heteroatoms. The first-order valence-electron chi connectivity index (χ1n) is 3.81. The van der Waals surface area contributed by atoms with Crippen LogP contribution in [0.4, 0.5) is 0 Å². The van der Waals surface area contributed by atoms with Crippen LogP contribution >= 0.6 is 11.3 Å². The van der Waals surface area contributed by atoms with Gasteiger partial charge in [-0.1, -0.05) is 11.3 Å². The lowest BCUT2D eigenvalue weighted by Crippen LogP contribution is -1.85. The van der Waals surface area contributed by atoms with Crippen LogP contribution in [0.5, 0.6) is 10.9 Å². The van der Waals surface area contributed by atoms with Gasteiger partial charge in [-0.15, -0.1) is 0 Å². The van der Waals surface area contributed by atoms with E-state index >= 15 is 0 Å². The third-order valence-electron chi connectivity index (χ3n) is 1.46. The molecule has 0 aliphatic heterocycles. The van der Waals surface area contributed by atoms with Crippen LogP contribution in [0.1, 0.15) is 5.56 Å². The first kappa shape index (κ1) is 8.66. The number of thiazole rings is 1. The third kappa shape index (κ3) is 1.87. The smallest absolute Gasteiger partial charge is 0.278 e. The zero-order valence-electron chi connectivity index (χ0n) is 7.04. The fourth-order valence-corrected chi connectivity index (χ4v) is 1.40. The Hall–Kier alpha value is -1.93. The zero-order chi connectivity index (χ0) is 9.80. The minimum Gasteiger partial charge on any atom is -0.429 e. The first-order chi connectivity index (χ1) is 6.88. The Morgan fingerprint density at radius 2 is 2.36 bits per heavy atom. The van der Waals surface area contributed by atoms with E-state index in [1.165, 1.54) is 17.5 Å². The predicted molar refractivity (Wildman–Crippen MR) is 51.1 cm³/mol. The summed E-state index contributed by atoms with van der Waals surface area (Å²) >= 11 is 1.39. The number of aromatic nitrogens is 2. The van der Waals surface area contributed by atoms with Crippen LogP contribution in [0, 0.1) is 11.3 Å². The van der Waals surface area contributed by atoms with Gasteiger partial charge in [-0.3, -0.25) is 4.98 Å². The van der Waals surface area contributed by atoms with Crippen molar-refractivity contribution in [2.45, 2.75) is 0 Å². The monoisotopic (exact) mass is 203 g/mol. The van der Waals surface area contributed by atoms with Gasteiger partial charge in [0.25, 0.3) is 5.19 Å². The van der Waals surface area contributed by atoms with Crippen molar-refractivity contribution in [3.8, 4) is 17.0 Å².